The number of nitrogens with zero attached hydrogens (tertiary/aromatic N) is 3. The van der Waals surface area contributed by atoms with Crippen molar-refractivity contribution in [3.8, 4) is 5.75 Å². The zero-order valence-electron chi connectivity index (χ0n) is 11.6. The highest BCUT2D eigenvalue weighted by Crippen LogP contribution is 2.26. The van der Waals surface area contributed by atoms with Crippen LogP contribution in [0.25, 0.3) is 0 Å². The molecule has 0 unspecified atom stereocenters. The van der Waals surface area contributed by atoms with Crippen molar-refractivity contribution in [1.82, 2.24) is 9.88 Å². The minimum Gasteiger partial charge on any atom is -0.493 e. The summed E-state index contributed by atoms with van der Waals surface area (Å²) in [7, 11) is 1.49. The van der Waals surface area contributed by atoms with Gasteiger partial charge in [-0.2, -0.15) is 0 Å². The summed E-state index contributed by atoms with van der Waals surface area (Å²) in [6.45, 7) is 6.64. The summed E-state index contributed by atoms with van der Waals surface area (Å²) in [5.74, 6) is 0.626. The van der Waals surface area contributed by atoms with Crippen LogP contribution >= 0.6 is 0 Å². The highest BCUT2D eigenvalue weighted by molar-refractivity contribution is 5.54. The number of carbonyl (C=O) groups is 1. The number of ether oxygens (including phenoxy) is 1. The van der Waals surface area contributed by atoms with Gasteiger partial charge in [-0.15, -0.1) is 0 Å². The van der Waals surface area contributed by atoms with E-state index in [2.05, 4.69) is 4.98 Å². The molecule has 5 nitrogen and oxygen atoms in total. The molecule has 0 atom stereocenters. The van der Waals surface area contributed by atoms with E-state index in [0.717, 1.165) is 6.41 Å². The molecule has 0 saturated carbocycles. The largest absolute Gasteiger partial charge is 0.493 e. The van der Waals surface area contributed by atoms with Gasteiger partial charge in [0.05, 0.1) is 13.3 Å². The molecule has 2 rings (SSSR count). The Morgan fingerprint density at radius 2 is 1.95 bits per heavy atom. The van der Waals surface area contributed by atoms with Crippen LogP contribution in [0.2, 0.25) is 0 Å². The Labute approximate surface area is 113 Å². The molecule has 19 heavy (non-hydrogen) atoms. The number of methoxy groups -OCH3 is 1. The summed E-state index contributed by atoms with van der Waals surface area (Å²) < 4.78 is 18.1. The van der Waals surface area contributed by atoms with Crippen molar-refractivity contribution in [1.29, 1.82) is 0 Å². The maximum Gasteiger partial charge on any atom is 0.209 e. The van der Waals surface area contributed by atoms with E-state index in [1.54, 1.807) is 4.90 Å². The maximum absolute atomic E-state index is 13.0. The van der Waals surface area contributed by atoms with Crippen molar-refractivity contribution >= 4 is 12.2 Å². The molecule has 0 N–H and O–H groups in total. The number of piperazine rings is 1. The van der Waals surface area contributed by atoms with Gasteiger partial charge >= 0.3 is 0 Å². The van der Waals surface area contributed by atoms with Crippen molar-refractivity contribution in [2.24, 2.45) is 0 Å². The molecular weight excluding hydrogens is 249 g/mol. The third-order valence-electron chi connectivity index (χ3n) is 2.78. The van der Waals surface area contributed by atoms with E-state index >= 15 is 0 Å². The maximum atomic E-state index is 13.0. The quantitative estimate of drug-likeness (QED) is 0.781. The second-order valence-corrected chi connectivity index (χ2v) is 3.81. The zero-order chi connectivity index (χ0) is 14.3. The SMILES string of the molecule is CC.COc1cc(F)cnc1N1CCN(C=O)CC1. The molecule has 1 fully saturated rings. The number of halogens is 1. The lowest BCUT2D eigenvalue weighted by molar-refractivity contribution is -0.118. The van der Waals surface area contributed by atoms with Crippen molar-refractivity contribution < 1.29 is 13.9 Å². The summed E-state index contributed by atoms with van der Waals surface area (Å²) in [4.78, 5) is 18.3. The molecule has 1 aromatic heterocycles. The first-order valence-electron chi connectivity index (χ1n) is 6.38. The lowest BCUT2D eigenvalue weighted by Gasteiger charge is -2.33. The van der Waals surface area contributed by atoms with Gasteiger partial charge in [-0.3, -0.25) is 4.79 Å². The van der Waals surface area contributed by atoms with Crippen LogP contribution in [-0.2, 0) is 4.79 Å². The summed E-state index contributed by atoms with van der Waals surface area (Å²) >= 11 is 0. The summed E-state index contributed by atoms with van der Waals surface area (Å²) in [5, 5.41) is 0. The molecule has 2 heterocycles. The zero-order valence-corrected chi connectivity index (χ0v) is 11.6. The Bertz CT molecular complexity index is 407. The highest BCUT2D eigenvalue weighted by atomic mass is 19.1. The van der Waals surface area contributed by atoms with Crippen molar-refractivity contribution in [3.63, 3.8) is 0 Å². The smallest absolute Gasteiger partial charge is 0.209 e. The molecule has 0 aliphatic carbocycles. The monoisotopic (exact) mass is 269 g/mol. The number of hydrogen-bond donors (Lipinski definition) is 0. The Morgan fingerprint density at radius 3 is 2.47 bits per heavy atom. The first-order valence-corrected chi connectivity index (χ1v) is 6.38. The Hall–Kier alpha value is -1.85. The topological polar surface area (TPSA) is 45.7 Å². The first-order chi connectivity index (χ1) is 9.24. The fourth-order valence-electron chi connectivity index (χ4n) is 1.84. The lowest BCUT2D eigenvalue weighted by Crippen LogP contribution is -2.46. The Morgan fingerprint density at radius 1 is 1.32 bits per heavy atom. The van der Waals surface area contributed by atoms with Gasteiger partial charge in [-0.1, -0.05) is 13.8 Å². The molecule has 0 radical (unpaired) electrons. The molecule has 6 heteroatoms. The van der Waals surface area contributed by atoms with Crippen molar-refractivity contribution in [3.05, 3.63) is 18.1 Å². The second-order valence-electron chi connectivity index (χ2n) is 3.81. The van der Waals surface area contributed by atoms with Crippen LogP contribution in [0.5, 0.6) is 5.75 Å². The van der Waals surface area contributed by atoms with E-state index < -0.39 is 5.82 Å². The van der Waals surface area contributed by atoms with Gasteiger partial charge in [-0.05, 0) is 0 Å². The molecular formula is C13H20FN3O2. The number of anilines is 1. The average Bonchev–Trinajstić information content (AvgIpc) is 2.49. The van der Waals surface area contributed by atoms with E-state index in [1.807, 2.05) is 18.7 Å². The predicted molar refractivity (Wildman–Crippen MR) is 71.9 cm³/mol. The van der Waals surface area contributed by atoms with E-state index in [1.165, 1.54) is 19.4 Å². The molecule has 0 spiro atoms. The molecule has 1 aliphatic heterocycles. The van der Waals surface area contributed by atoms with E-state index in [0.29, 0.717) is 37.7 Å². The van der Waals surface area contributed by atoms with Gasteiger partial charge in [0.15, 0.2) is 11.6 Å². The van der Waals surface area contributed by atoms with Gasteiger partial charge in [0, 0.05) is 32.2 Å². The molecule has 1 aromatic rings. The van der Waals surface area contributed by atoms with Crippen LogP contribution < -0.4 is 9.64 Å². The molecule has 0 aromatic carbocycles. The molecule has 1 aliphatic rings. The minimum atomic E-state index is -0.419. The van der Waals surface area contributed by atoms with E-state index in [9.17, 15) is 9.18 Å². The average molecular weight is 269 g/mol. The van der Waals surface area contributed by atoms with Gasteiger partial charge < -0.3 is 14.5 Å². The summed E-state index contributed by atoms with van der Waals surface area (Å²) in [6.07, 6.45) is 2.01. The fourth-order valence-corrected chi connectivity index (χ4v) is 1.84. The van der Waals surface area contributed by atoms with E-state index in [-0.39, 0.29) is 0 Å². The van der Waals surface area contributed by atoms with Crippen LogP contribution in [0.15, 0.2) is 12.3 Å². The Balaban J connectivity index is 0.000000861. The molecule has 0 bridgehead atoms. The normalized spacial score (nSPS) is 14.5. The van der Waals surface area contributed by atoms with Gasteiger partial charge in [0.2, 0.25) is 6.41 Å². The van der Waals surface area contributed by atoms with Crippen molar-refractivity contribution in [2.75, 3.05) is 38.2 Å². The molecule has 1 saturated heterocycles. The van der Waals surface area contributed by atoms with Gasteiger partial charge in [-0.25, -0.2) is 9.37 Å². The standard InChI is InChI=1S/C11H14FN3O2.C2H6/c1-17-10-6-9(12)7-13-11(10)15-4-2-14(8-16)3-5-15;1-2/h6-8H,2-5H2,1H3;1-2H3. The first kappa shape index (κ1) is 15.2. The minimum absolute atomic E-state index is 0.419. The number of aromatic nitrogens is 1. The fraction of sp³-hybridized carbons (Fsp3) is 0.538. The predicted octanol–water partition coefficient (Wildman–Crippen LogP) is 1.53. The van der Waals surface area contributed by atoms with E-state index in [4.69, 9.17) is 4.74 Å². The third kappa shape index (κ3) is 3.81. The van der Waals surface area contributed by atoms with Crippen molar-refractivity contribution in [2.45, 2.75) is 13.8 Å². The number of hydrogen-bond acceptors (Lipinski definition) is 4. The van der Waals surface area contributed by atoms with Gasteiger partial charge in [0.25, 0.3) is 0 Å². The Kier molecular flexibility index (Phi) is 6.05. The summed E-state index contributed by atoms with van der Waals surface area (Å²) in [6, 6.07) is 1.31. The highest BCUT2D eigenvalue weighted by Gasteiger charge is 2.20. The van der Waals surface area contributed by atoms with Crippen LogP contribution in [0.4, 0.5) is 10.2 Å². The number of amides is 1. The molecule has 1 amide bonds. The lowest BCUT2D eigenvalue weighted by atomic mass is 10.3. The van der Waals surface area contributed by atoms with Crippen LogP contribution in [0.3, 0.4) is 0 Å². The third-order valence-corrected chi connectivity index (χ3v) is 2.78. The van der Waals surface area contributed by atoms with Crippen LogP contribution in [0.1, 0.15) is 13.8 Å². The van der Waals surface area contributed by atoms with Crippen LogP contribution in [-0.4, -0.2) is 49.6 Å². The summed E-state index contributed by atoms with van der Waals surface area (Å²) in [5.41, 5.74) is 0. The second kappa shape index (κ2) is 7.56. The number of pyridine rings is 1. The van der Waals surface area contributed by atoms with Gasteiger partial charge in [0.1, 0.15) is 5.82 Å². The number of rotatable bonds is 3. The number of carbonyl (C=O) groups excluding carboxylic acids is 1. The van der Waals surface area contributed by atoms with Crippen LogP contribution in [0, 0.1) is 5.82 Å². The molecule has 106 valence electrons.